The zero-order chi connectivity index (χ0) is 13.3. The topological polar surface area (TPSA) is 55.1 Å². The molecular formula is C12H10Cl2N2O2. The number of hydrogen-bond donors (Lipinski definition) is 1. The van der Waals surface area contributed by atoms with Gasteiger partial charge in [-0.05, 0) is 32.0 Å². The van der Waals surface area contributed by atoms with E-state index >= 15 is 0 Å². The SMILES string of the molecule is Cc1onc(C(=O)Nc2cc(Cl)ccc2Cl)c1C. The largest absolute Gasteiger partial charge is 0.361 e. The minimum atomic E-state index is -0.381. The lowest BCUT2D eigenvalue weighted by Gasteiger charge is -2.06. The molecule has 18 heavy (non-hydrogen) atoms. The van der Waals surface area contributed by atoms with E-state index in [1.165, 1.54) is 0 Å². The van der Waals surface area contributed by atoms with Gasteiger partial charge < -0.3 is 9.84 Å². The molecule has 2 aromatic rings. The summed E-state index contributed by atoms with van der Waals surface area (Å²) in [6.45, 7) is 3.51. The number of aromatic nitrogens is 1. The summed E-state index contributed by atoms with van der Waals surface area (Å²) in [4.78, 5) is 12.0. The average molecular weight is 285 g/mol. The molecule has 0 saturated heterocycles. The summed E-state index contributed by atoms with van der Waals surface area (Å²) in [5, 5.41) is 7.24. The van der Waals surface area contributed by atoms with E-state index in [1.54, 1.807) is 32.0 Å². The number of carbonyl (C=O) groups is 1. The van der Waals surface area contributed by atoms with Gasteiger partial charge in [-0.1, -0.05) is 28.4 Å². The maximum Gasteiger partial charge on any atom is 0.278 e. The van der Waals surface area contributed by atoms with E-state index in [2.05, 4.69) is 10.5 Å². The number of carbonyl (C=O) groups excluding carboxylic acids is 1. The van der Waals surface area contributed by atoms with Gasteiger partial charge in [-0.15, -0.1) is 0 Å². The molecule has 1 heterocycles. The minimum absolute atomic E-state index is 0.239. The van der Waals surface area contributed by atoms with Gasteiger partial charge in [-0.3, -0.25) is 4.79 Å². The van der Waals surface area contributed by atoms with E-state index in [-0.39, 0.29) is 11.6 Å². The van der Waals surface area contributed by atoms with Gasteiger partial charge >= 0.3 is 0 Å². The monoisotopic (exact) mass is 284 g/mol. The third kappa shape index (κ3) is 2.49. The summed E-state index contributed by atoms with van der Waals surface area (Å²) in [5.74, 6) is 0.228. The van der Waals surface area contributed by atoms with Crippen LogP contribution >= 0.6 is 23.2 Å². The highest BCUT2D eigenvalue weighted by atomic mass is 35.5. The number of rotatable bonds is 2. The third-order valence-electron chi connectivity index (χ3n) is 2.55. The van der Waals surface area contributed by atoms with Crippen LogP contribution in [-0.2, 0) is 0 Å². The summed E-state index contributed by atoms with van der Waals surface area (Å²) in [5.41, 5.74) is 1.38. The van der Waals surface area contributed by atoms with Crippen LogP contribution in [-0.4, -0.2) is 11.1 Å². The van der Waals surface area contributed by atoms with Crippen LogP contribution in [0.15, 0.2) is 22.7 Å². The van der Waals surface area contributed by atoms with Crippen LogP contribution in [0.4, 0.5) is 5.69 Å². The second-order valence-corrected chi connectivity index (χ2v) is 4.63. The van der Waals surface area contributed by atoms with Gasteiger partial charge in [-0.2, -0.15) is 0 Å². The van der Waals surface area contributed by atoms with Gasteiger partial charge in [0.25, 0.3) is 5.91 Å². The Kier molecular flexibility index (Phi) is 3.59. The normalized spacial score (nSPS) is 10.4. The zero-order valence-electron chi connectivity index (χ0n) is 9.75. The second kappa shape index (κ2) is 5.00. The van der Waals surface area contributed by atoms with Gasteiger partial charge in [0.05, 0.1) is 10.7 Å². The Bertz CT molecular complexity index is 608. The summed E-state index contributed by atoms with van der Waals surface area (Å²) in [6, 6.07) is 4.83. The standard InChI is InChI=1S/C12H10Cl2N2O2/c1-6-7(2)18-16-11(6)12(17)15-10-5-8(13)3-4-9(10)14/h3-5H,1-2H3,(H,15,17). The van der Waals surface area contributed by atoms with Crippen molar-refractivity contribution in [2.24, 2.45) is 0 Å². The van der Waals surface area contributed by atoms with Crippen molar-refractivity contribution in [1.82, 2.24) is 5.16 Å². The zero-order valence-corrected chi connectivity index (χ0v) is 11.3. The van der Waals surface area contributed by atoms with Crippen molar-refractivity contribution in [3.63, 3.8) is 0 Å². The smallest absolute Gasteiger partial charge is 0.278 e. The van der Waals surface area contributed by atoms with Gasteiger partial charge in [0.1, 0.15) is 5.76 Å². The quantitative estimate of drug-likeness (QED) is 0.911. The number of amides is 1. The first-order chi connectivity index (χ1) is 8.49. The van der Waals surface area contributed by atoms with Crippen LogP contribution in [0.1, 0.15) is 21.8 Å². The van der Waals surface area contributed by atoms with Crippen LogP contribution in [0.3, 0.4) is 0 Å². The Balaban J connectivity index is 2.27. The molecule has 0 fully saturated rings. The van der Waals surface area contributed by atoms with Crippen LogP contribution in [0.25, 0.3) is 0 Å². The van der Waals surface area contributed by atoms with Crippen molar-refractivity contribution >= 4 is 34.8 Å². The molecule has 0 radical (unpaired) electrons. The van der Waals surface area contributed by atoms with Crippen LogP contribution in [0.2, 0.25) is 10.0 Å². The summed E-state index contributed by atoms with van der Waals surface area (Å²) in [7, 11) is 0. The molecule has 4 nitrogen and oxygen atoms in total. The summed E-state index contributed by atoms with van der Waals surface area (Å²) >= 11 is 11.8. The molecule has 1 aromatic carbocycles. The molecule has 0 atom stereocenters. The van der Waals surface area contributed by atoms with Crippen molar-refractivity contribution in [3.8, 4) is 0 Å². The maximum absolute atomic E-state index is 12.0. The molecule has 0 aliphatic rings. The first kappa shape index (κ1) is 12.9. The predicted octanol–water partition coefficient (Wildman–Crippen LogP) is 3.85. The fraction of sp³-hybridized carbons (Fsp3) is 0.167. The van der Waals surface area contributed by atoms with Crippen LogP contribution in [0.5, 0.6) is 0 Å². The summed E-state index contributed by atoms with van der Waals surface area (Å²) in [6.07, 6.45) is 0. The number of anilines is 1. The molecule has 2 rings (SSSR count). The Labute approximate surface area is 114 Å². The second-order valence-electron chi connectivity index (χ2n) is 3.79. The lowest BCUT2D eigenvalue weighted by atomic mass is 10.2. The number of halogens is 2. The molecule has 0 unspecified atom stereocenters. The molecule has 0 spiro atoms. The van der Waals surface area contributed by atoms with Crippen molar-refractivity contribution in [1.29, 1.82) is 0 Å². The Morgan fingerprint density at radius 1 is 1.33 bits per heavy atom. The number of nitrogens with one attached hydrogen (secondary N) is 1. The first-order valence-electron chi connectivity index (χ1n) is 5.18. The highest BCUT2D eigenvalue weighted by molar-refractivity contribution is 6.35. The molecule has 1 N–H and O–H groups in total. The fourth-order valence-electron chi connectivity index (χ4n) is 1.40. The number of nitrogens with zero attached hydrogens (tertiary/aromatic N) is 1. The molecule has 0 bridgehead atoms. The van der Waals surface area contributed by atoms with Crippen LogP contribution < -0.4 is 5.32 Å². The molecule has 1 amide bonds. The maximum atomic E-state index is 12.0. The van der Waals surface area contributed by atoms with Gasteiger partial charge in [0.2, 0.25) is 0 Å². The Morgan fingerprint density at radius 3 is 2.67 bits per heavy atom. The van der Waals surface area contributed by atoms with E-state index in [9.17, 15) is 4.79 Å². The minimum Gasteiger partial charge on any atom is -0.361 e. The van der Waals surface area contributed by atoms with E-state index in [4.69, 9.17) is 27.7 Å². The van der Waals surface area contributed by atoms with Gasteiger partial charge in [0, 0.05) is 10.6 Å². The van der Waals surface area contributed by atoms with E-state index < -0.39 is 0 Å². The molecule has 0 aliphatic carbocycles. The number of hydrogen-bond acceptors (Lipinski definition) is 3. The van der Waals surface area contributed by atoms with E-state index in [0.717, 1.165) is 0 Å². The van der Waals surface area contributed by atoms with E-state index in [0.29, 0.717) is 27.1 Å². The molecule has 0 saturated carbocycles. The highest BCUT2D eigenvalue weighted by Crippen LogP contribution is 2.26. The number of aryl methyl sites for hydroxylation is 1. The van der Waals surface area contributed by atoms with Crippen molar-refractivity contribution in [3.05, 3.63) is 45.3 Å². The molecular weight excluding hydrogens is 275 g/mol. The Morgan fingerprint density at radius 2 is 2.06 bits per heavy atom. The molecule has 94 valence electrons. The average Bonchev–Trinajstić information content (AvgIpc) is 2.65. The molecule has 0 aliphatic heterocycles. The van der Waals surface area contributed by atoms with Crippen molar-refractivity contribution < 1.29 is 9.32 Å². The van der Waals surface area contributed by atoms with Gasteiger partial charge in [0.15, 0.2) is 5.69 Å². The molecule has 6 heteroatoms. The highest BCUT2D eigenvalue weighted by Gasteiger charge is 2.17. The molecule has 1 aromatic heterocycles. The summed E-state index contributed by atoms with van der Waals surface area (Å²) < 4.78 is 4.94. The fourth-order valence-corrected chi connectivity index (χ4v) is 1.74. The van der Waals surface area contributed by atoms with Crippen molar-refractivity contribution in [2.75, 3.05) is 5.32 Å². The van der Waals surface area contributed by atoms with E-state index in [1.807, 2.05) is 0 Å². The Hall–Kier alpha value is -1.52. The third-order valence-corrected chi connectivity index (χ3v) is 3.11. The van der Waals surface area contributed by atoms with Crippen molar-refractivity contribution in [2.45, 2.75) is 13.8 Å². The van der Waals surface area contributed by atoms with Crippen LogP contribution in [0, 0.1) is 13.8 Å². The lowest BCUT2D eigenvalue weighted by Crippen LogP contribution is -2.13. The first-order valence-corrected chi connectivity index (χ1v) is 5.94. The lowest BCUT2D eigenvalue weighted by molar-refractivity contribution is 0.101. The predicted molar refractivity (Wildman–Crippen MR) is 70.4 cm³/mol. The van der Waals surface area contributed by atoms with Gasteiger partial charge in [-0.25, -0.2) is 0 Å². The number of benzene rings is 1.